The summed E-state index contributed by atoms with van der Waals surface area (Å²) in [7, 11) is -2.27. The van der Waals surface area contributed by atoms with Crippen LogP contribution in [0.5, 0.6) is 0 Å². The molecule has 1 amide bonds. The first-order valence-corrected chi connectivity index (χ1v) is 9.24. The van der Waals surface area contributed by atoms with Gasteiger partial charge in [0.2, 0.25) is 15.9 Å². The summed E-state index contributed by atoms with van der Waals surface area (Å²) in [6.07, 6.45) is 0.626. The lowest BCUT2D eigenvalue weighted by atomic mass is 10.1. The molecule has 0 saturated carbocycles. The monoisotopic (exact) mass is 366 g/mol. The standard InChI is InChI=1S/C17H19ClN2O3S/c1-20(24(22,23)16-8-3-2-4-9-16)13-17(21)19-11-10-14-6-5-7-15(18)12-14/h2-9,12H,10-11,13H2,1H3,(H,19,21). The van der Waals surface area contributed by atoms with Crippen LogP contribution in [0, 0.1) is 0 Å². The highest BCUT2D eigenvalue weighted by atomic mass is 35.5. The molecule has 7 heteroatoms. The van der Waals surface area contributed by atoms with Gasteiger partial charge in [-0.15, -0.1) is 0 Å². The smallest absolute Gasteiger partial charge is 0.243 e. The second kappa shape index (κ2) is 8.28. The van der Waals surface area contributed by atoms with Gasteiger partial charge in [0.05, 0.1) is 11.4 Å². The molecule has 128 valence electrons. The first-order chi connectivity index (χ1) is 11.4. The van der Waals surface area contributed by atoms with E-state index in [0.29, 0.717) is 18.0 Å². The van der Waals surface area contributed by atoms with Crippen molar-refractivity contribution in [2.75, 3.05) is 20.1 Å². The summed E-state index contributed by atoms with van der Waals surface area (Å²) < 4.78 is 25.7. The Kier molecular flexibility index (Phi) is 6.36. The fraction of sp³-hybridized carbons (Fsp3) is 0.235. The van der Waals surface area contributed by atoms with Crippen LogP contribution in [0.25, 0.3) is 0 Å². The molecule has 0 atom stereocenters. The van der Waals surface area contributed by atoms with Crippen molar-refractivity contribution in [3.05, 3.63) is 65.2 Å². The van der Waals surface area contributed by atoms with Crippen LogP contribution in [0.15, 0.2) is 59.5 Å². The molecule has 2 aromatic carbocycles. The number of carbonyl (C=O) groups is 1. The SMILES string of the molecule is CN(CC(=O)NCCc1cccc(Cl)c1)S(=O)(=O)c1ccccc1. The van der Waals surface area contributed by atoms with Gasteiger partial charge in [0.25, 0.3) is 0 Å². The van der Waals surface area contributed by atoms with Crippen molar-refractivity contribution in [3.63, 3.8) is 0 Å². The Morgan fingerprint density at radius 2 is 1.83 bits per heavy atom. The molecule has 0 heterocycles. The van der Waals surface area contributed by atoms with E-state index in [9.17, 15) is 13.2 Å². The largest absolute Gasteiger partial charge is 0.355 e. The minimum Gasteiger partial charge on any atom is -0.355 e. The normalized spacial score (nSPS) is 11.5. The topological polar surface area (TPSA) is 66.5 Å². The summed E-state index contributed by atoms with van der Waals surface area (Å²) >= 11 is 5.90. The molecule has 24 heavy (non-hydrogen) atoms. The lowest BCUT2D eigenvalue weighted by Crippen LogP contribution is -2.39. The van der Waals surface area contributed by atoms with E-state index in [1.165, 1.54) is 19.2 Å². The quantitative estimate of drug-likeness (QED) is 0.817. The summed E-state index contributed by atoms with van der Waals surface area (Å²) in [6, 6.07) is 15.4. The number of likely N-dealkylation sites (N-methyl/N-ethyl adjacent to an activating group) is 1. The Labute approximate surface area is 147 Å². The molecule has 2 rings (SSSR count). The van der Waals surface area contributed by atoms with E-state index in [4.69, 9.17) is 11.6 Å². The number of carbonyl (C=O) groups excluding carboxylic acids is 1. The highest BCUT2D eigenvalue weighted by Crippen LogP contribution is 2.13. The predicted molar refractivity (Wildman–Crippen MR) is 94.4 cm³/mol. The van der Waals surface area contributed by atoms with Crippen molar-refractivity contribution < 1.29 is 13.2 Å². The maximum Gasteiger partial charge on any atom is 0.243 e. The zero-order chi connectivity index (χ0) is 17.6. The third-order valence-electron chi connectivity index (χ3n) is 3.44. The summed E-state index contributed by atoms with van der Waals surface area (Å²) in [6.45, 7) is 0.186. The number of sulfonamides is 1. The van der Waals surface area contributed by atoms with E-state index in [1.54, 1.807) is 24.3 Å². The number of hydrogen-bond acceptors (Lipinski definition) is 3. The molecule has 0 aliphatic carbocycles. The second-order valence-electron chi connectivity index (χ2n) is 5.30. The van der Waals surface area contributed by atoms with Gasteiger partial charge >= 0.3 is 0 Å². The molecule has 0 spiro atoms. The molecule has 0 bridgehead atoms. The third kappa shape index (κ3) is 5.06. The number of halogens is 1. The number of amides is 1. The van der Waals surface area contributed by atoms with Crippen LogP contribution in [0.2, 0.25) is 5.02 Å². The first kappa shape index (κ1) is 18.4. The lowest BCUT2D eigenvalue weighted by Gasteiger charge is -2.16. The number of nitrogens with zero attached hydrogens (tertiary/aromatic N) is 1. The zero-order valence-corrected chi connectivity index (χ0v) is 14.8. The molecule has 1 N–H and O–H groups in total. The van der Waals surface area contributed by atoms with Crippen LogP contribution < -0.4 is 5.32 Å². The summed E-state index contributed by atoms with van der Waals surface area (Å²) in [5.74, 6) is -0.348. The molecule has 0 fully saturated rings. The molecule has 2 aromatic rings. The number of hydrogen-bond donors (Lipinski definition) is 1. The Morgan fingerprint density at radius 1 is 1.12 bits per heavy atom. The summed E-state index contributed by atoms with van der Waals surface area (Å²) in [5, 5.41) is 3.36. The van der Waals surface area contributed by atoms with Gasteiger partial charge in [-0.3, -0.25) is 4.79 Å². The third-order valence-corrected chi connectivity index (χ3v) is 5.50. The Hall–Kier alpha value is -1.89. The Bertz CT molecular complexity index is 794. The molecule has 5 nitrogen and oxygen atoms in total. The highest BCUT2D eigenvalue weighted by Gasteiger charge is 2.22. The molecule has 0 aliphatic heterocycles. The first-order valence-electron chi connectivity index (χ1n) is 7.42. The van der Waals surface area contributed by atoms with Gasteiger partial charge in [-0.1, -0.05) is 41.9 Å². The van der Waals surface area contributed by atoms with Gasteiger partial charge in [0.1, 0.15) is 0 Å². The summed E-state index contributed by atoms with van der Waals surface area (Å²) in [4.78, 5) is 12.1. The van der Waals surface area contributed by atoms with Gasteiger partial charge in [0, 0.05) is 18.6 Å². The molecule has 0 aromatic heterocycles. The van der Waals surface area contributed by atoms with Crippen molar-refractivity contribution >= 4 is 27.5 Å². The van der Waals surface area contributed by atoms with Crippen LogP contribution in [0.1, 0.15) is 5.56 Å². The van der Waals surface area contributed by atoms with Crippen LogP contribution in [0.4, 0.5) is 0 Å². The van der Waals surface area contributed by atoms with Gasteiger partial charge in [-0.25, -0.2) is 8.42 Å². The second-order valence-corrected chi connectivity index (χ2v) is 7.79. The van der Waals surface area contributed by atoms with Crippen LogP contribution in [0.3, 0.4) is 0 Å². The van der Waals surface area contributed by atoms with Gasteiger partial charge in [-0.05, 0) is 36.2 Å². The molecule has 0 saturated heterocycles. The molecule has 0 unspecified atom stereocenters. The number of benzene rings is 2. The molecular formula is C17H19ClN2O3S. The van der Waals surface area contributed by atoms with Crippen molar-refractivity contribution in [1.29, 1.82) is 0 Å². The Morgan fingerprint density at radius 3 is 2.50 bits per heavy atom. The van der Waals surface area contributed by atoms with E-state index in [0.717, 1.165) is 9.87 Å². The van der Waals surface area contributed by atoms with Crippen molar-refractivity contribution in [3.8, 4) is 0 Å². The van der Waals surface area contributed by atoms with E-state index >= 15 is 0 Å². The van der Waals surface area contributed by atoms with Crippen molar-refractivity contribution in [2.45, 2.75) is 11.3 Å². The van der Waals surface area contributed by atoms with Crippen LogP contribution >= 0.6 is 11.6 Å². The zero-order valence-electron chi connectivity index (χ0n) is 13.3. The van der Waals surface area contributed by atoms with Crippen molar-refractivity contribution in [2.24, 2.45) is 0 Å². The van der Waals surface area contributed by atoms with Gasteiger partial charge < -0.3 is 5.32 Å². The number of rotatable bonds is 7. The average molecular weight is 367 g/mol. The predicted octanol–water partition coefficient (Wildman–Crippen LogP) is 2.32. The fourth-order valence-corrected chi connectivity index (χ4v) is 3.52. The molecular weight excluding hydrogens is 348 g/mol. The lowest BCUT2D eigenvalue weighted by molar-refractivity contribution is -0.121. The van der Waals surface area contributed by atoms with Crippen molar-refractivity contribution in [1.82, 2.24) is 9.62 Å². The van der Waals surface area contributed by atoms with Crippen LogP contribution in [-0.4, -0.2) is 38.8 Å². The minimum absolute atomic E-state index is 0.166. The summed E-state index contributed by atoms with van der Waals surface area (Å²) in [5.41, 5.74) is 1.01. The van der Waals surface area contributed by atoms with Gasteiger partial charge in [0.15, 0.2) is 0 Å². The maximum absolute atomic E-state index is 12.3. The Balaban J connectivity index is 1.85. The highest BCUT2D eigenvalue weighted by molar-refractivity contribution is 7.89. The minimum atomic E-state index is -3.66. The van der Waals surface area contributed by atoms with E-state index < -0.39 is 10.0 Å². The van der Waals surface area contributed by atoms with E-state index in [2.05, 4.69) is 5.32 Å². The van der Waals surface area contributed by atoms with E-state index in [-0.39, 0.29) is 17.3 Å². The number of nitrogens with one attached hydrogen (secondary N) is 1. The van der Waals surface area contributed by atoms with E-state index in [1.807, 2.05) is 18.2 Å². The van der Waals surface area contributed by atoms with Gasteiger partial charge in [-0.2, -0.15) is 4.31 Å². The maximum atomic E-state index is 12.3. The fourth-order valence-electron chi connectivity index (χ4n) is 2.15. The van der Waals surface area contributed by atoms with Crippen LogP contribution in [-0.2, 0) is 21.2 Å². The molecule has 0 aliphatic rings. The molecule has 0 radical (unpaired) electrons. The average Bonchev–Trinajstić information content (AvgIpc) is 2.55.